The summed E-state index contributed by atoms with van der Waals surface area (Å²) in [5.74, 6) is 0.948. The Kier molecular flexibility index (Phi) is 3.46. The summed E-state index contributed by atoms with van der Waals surface area (Å²) in [5.41, 5.74) is 0.904. The molecule has 1 N–H and O–H groups in total. The lowest BCUT2D eigenvalue weighted by Crippen LogP contribution is -2.14. The molecule has 84 valence electrons. The first kappa shape index (κ1) is 11.4. The second-order valence-corrected chi connectivity index (χ2v) is 4.53. The molecule has 2 aromatic rings. The van der Waals surface area contributed by atoms with Crippen molar-refractivity contribution in [2.24, 2.45) is 0 Å². The van der Waals surface area contributed by atoms with Gasteiger partial charge in [-0.2, -0.15) is 0 Å². The van der Waals surface area contributed by atoms with Crippen LogP contribution in [0, 0.1) is 0 Å². The molecule has 2 nitrogen and oxygen atoms in total. The lowest BCUT2D eigenvalue weighted by Gasteiger charge is -2.09. The summed E-state index contributed by atoms with van der Waals surface area (Å²) in [7, 11) is 1.93. The summed E-state index contributed by atoms with van der Waals surface area (Å²) < 4.78 is 6.84. The first-order valence-corrected chi connectivity index (χ1v) is 6.01. The van der Waals surface area contributed by atoms with Crippen LogP contribution in [0.4, 0.5) is 0 Å². The van der Waals surface area contributed by atoms with Gasteiger partial charge in [-0.15, -0.1) is 6.58 Å². The average molecular weight is 280 g/mol. The number of nitrogens with one attached hydrogen (secondary N) is 1. The van der Waals surface area contributed by atoms with Gasteiger partial charge < -0.3 is 9.73 Å². The van der Waals surface area contributed by atoms with Crippen LogP contribution >= 0.6 is 15.9 Å². The smallest absolute Gasteiger partial charge is 0.148 e. The van der Waals surface area contributed by atoms with E-state index in [1.807, 2.05) is 31.3 Å². The number of halogens is 1. The summed E-state index contributed by atoms with van der Waals surface area (Å²) in [6.07, 6.45) is 2.75. The second kappa shape index (κ2) is 4.85. The lowest BCUT2D eigenvalue weighted by molar-refractivity contribution is 0.455. The largest absolute Gasteiger partial charge is 0.458 e. The molecule has 0 radical (unpaired) electrons. The Bertz CT molecular complexity index is 504. The van der Waals surface area contributed by atoms with Crippen molar-refractivity contribution in [2.45, 2.75) is 12.5 Å². The quantitative estimate of drug-likeness (QED) is 0.855. The summed E-state index contributed by atoms with van der Waals surface area (Å²) in [4.78, 5) is 0. The molecule has 3 heteroatoms. The molecular weight excluding hydrogens is 266 g/mol. The molecule has 0 aliphatic heterocycles. The molecule has 0 aliphatic rings. The fraction of sp³-hybridized carbons (Fsp3) is 0.231. The molecule has 0 saturated heterocycles. The molecule has 0 fully saturated rings. The van der Waals surface area contributed by atoms with Gasteiger partial charge in [0.1, 0.15) is 11.3 Å². The standard InChI is InChI=1S/C13H14BrNO/c1-3-5-11(15-2)12-8-9-6-4-7-10(14)13(9)16-12/h3-4,6-8,11,15H,1,5H2,2H3. The molecule has 0 bridgehead atoms. The molecule has 1 unspecified atom stereocenters. The third-order valence-corrected chi connectivity index (χ3v) is 3.23. The molecule has 2 rings (SSSR count). The van der Waals surface area contributed by atoms with Crippen LogP contribution in [0.25, 0.3) is 11.0 Å². The molecule has 0 saturated carbocycles. The van der Waals surface area contributed by atoms with Crippen LogP contribution in [-0.2, 0) is 0 Å². The highest BCUT2D eigenvalue weighted by Gasteiger charge is 2.13. The third kappa shape index (κ3) is 2.06. The van der Waals surface area contributed by atoms with Gasteiger partial charge in [-0.3, -0.25) is 0 Å². The van der Waals surface area contributed by atoms with Gasteiger partial charge in [0, 0.05) is 5.39 Å². The zero-order chi connectivity index (χ0) is 11.5. The van der Waals surface area contributed by atoms with Crippen LogP contribution in [0.15, 0.2) is 45.8 Å². The Morgan fingerprint density at radius 1 is 1.56 bits per heavy atom. The first-order valence-electron chi connectivity index (χ1n) is 5.22. The Hall–Kier alpha value is -1.06. The fourth-order valence-electron chi connectivity index (χ4n) is 1.76. The van der Waals surface area contributed by atoms with Crippen molar-refractivity contribution in [1.82, 2.24) is 5.32 Å². The van der Waals surface area contributed by atoms with Gasteiger partial charge in [-0.05, 0) is 41.5 Å². The normalized spacial score (nSPS) is 12.9. The van der Waals surface area contributed by atoms with Crippen LogP contribution in [0.2, 0.25) is 0 Å². The maximum absolute atomic E-state index is 5.85. The fourth-order valence-corrected chi connectivity index (χ4v) is 2.22. The zero-order valence-electron chi connectivity index (χ0n) is 9.16. The maximum atomic E-state index is 5.85. The minimum Gasteiger partial charge on any atom is -0.458 e. The highest BCUT2D eigenvalue weighted by Crippen LogP contribution is 2.30. The van der Waals surface area contributed by atoms with Crippen molar-refractivity contribution in [2.75, 3.05) is 7.05 Å². The zero-order valence-corrected chi connectivity index (χ0v) is 10.8. The third-order valence-electron chi connectivity index (χ3n) is 2.61. The van der Waals surface area contributed by atoms with Crippen LogP contribution in [0.1, 0.15) is 18.2 Å². The molecule has 1 atom stereocenters. The molecule has 1 aromatic heterocycles. The maximum Gasteiger partial charge on any atom is 0.148 e. The SMILES string of the molecule is C=CCC(NC)c1cc2cccc(Br)c2o1. The van der Waals surface area contributed by atoms with E-state index in [1.54, 1.807) is 0 Å². The molecule has 0 aliphatic carbocycles. The van der Waals surface area contributed by atoms with E-state index in [2.05, 4.69) is 33.9 Å². The Morgan fingerprint density at radius 3 is 3.00 bits per heavy atom. The summed E-state index contributed by atoms with van der Waals surface area (Å²) >= 11 is 3.49. The number of para-hydroxylation sites is 1. The van der Waals surface area contributed by atoms with E-state index in [0.29, 0.717) is 0 Å². The summed E-state index contributed by atoms with van der Waals surface area (Å²) in [5, 5.41) is 4.34. The molecular formula is C13H14BrNO. The summed E-state index contributed by atoms with van der Waals surface area (Å²) in [6.45, 7) is 3.75. The predicted octanol–water partition coefficient (Wildman–Crippen LogP) is 4.03. The van der Waals surface area contributed by atoms with Crippen molar-refractivity contribution < 1.29 is 4.42 Å². The number of furan rings is 1. The number of benzene rings is 1. The first-order chi connectivity index (χ1) is 7.76. The monoisotopic (exact) mass is 279 g/mol. The molecule has 1 heterocycles. The van der Waals surface area contributed by atoms with Crippen LogP contribution < -0.4 is 5.32 Å². The van der Waals surface area contributed by atoms with Gasteiger partial charge in [-0.25, -0.2) is 0 Å². The van der Waals surface area contributed by atoms with Crippen molar-refractivity contribution >= 4 is 26.9 Å². The summed E-state index contributed by atoms with van der Waals surface area (Å²) in [6, 6.07) is 8.31. The van der Waals surface area contributed by atoms with Crippen molar-refractivity contribution in [3.8, 4) is 0 Å². The van der Waals surface area contributed by atoms with E-state index < -0.39 is 0 Å². The number of hydrogen-bond acceptors (Lipinski definition) is 2. The minimum atomic E-state index is 0.191. The van der Waals surface area contributed by atoms with Gasteiger partial charge in [0.05, 0.1) is 10.5 Å². The van der Waals surface area contributed by atoms with Gasteiger partial charge in [0.2, 0.25) is 0 Å². The highest BCUT2D eigenvalue weighted by molar-refractivity contribution is 9.10. The van der Waals surface area contributed by atoms with E-state index in [9.17, 15) is 0 Å². The van der Waals surface area contributed by atoms with Crippen LogP contribution in [0.5, 0.6) is 0 Å². The number of rotatable bonds is 4. The van der Waals surface area contributed by atoms with Gasteiger partial charge in [0.25, 0.3) is 0 Å². The van der Waals surface area contributed by atoms with Crippen LogP contribution in [0.3, 0.4) is 0 Å². The van der Waals surface area contributed by atoms with E-state index in [4.69, 9.17) is 4.42 Å². The predicted molar refractivity (Wildman–Crippen MR) is 70.5 cm³/mol. The number of fused-ring (bicyclic) bond motifs is 1. The van der Waals surface area contributed by atoms with Gasteiger partial charge >= 0.3 is 0 Å². The molecule has 16 heavy (non-hydrogen) atoms. The molecule has 0 spiro atoms. The van der Waals surface area contributed by atoms with Crippen molar-refractivity contribution in [3.05, 3.63) is 47.2 Å². The molecule has 0 amide bonds. The lowest BCUT2D eigenvalue weighted by atomic mass is 10.1. The van der Waals surface area contributed by atoms with E-state index >= 15 is 0 Å². The van der Waals surface area contributed by atoms with E-state index in [1.165, 1.54) is 0 Å². The Labute approximate surface area is 103 Å². The Morgan fingerprint density at radius 2 is 2.38 bits per heavy atom. The van der Waals surface area contributed by atoms with Gasteiger partial charge in [-0.1, -0.05) is 18.2 Å². The number of hydrogen-bond donors (Lipinski definition) is 1. The van der Waals surface area contributed by atoms with E-state index in [-0.39, 0.29) is 6.04 Å². The van der Waals surface area contributed by atoms with Crippen LogP contribution in [-0.4, -0.2) is 7.05 Å². The minimum absolute atomic E-state index is 0.191. The molecule has 1 aromatic carbocycles. The van der Waals surface area contributed by atoms with Crippen molar-refractivity contribution in [3.63, 3.8) is 0 Å². The van der Waals surface area contributed by atoms with E-state index in [0.717, 1.165) is 27.6 Å². The van der Waals surface area contributed by atoms with Gasteiger partial charge in [0.15, 0.2) is 0 Å². The Balaban J connectivity index is 2.45. The average Bonchev–Trinajstić information content (AvgIpc) is 2.71. The van der Waals surface area contributed by atoms with Crippen molar-refractivity contribution in [1.29, 1.82) is 0 Å². The second-order valence-electron chi connectivity index (χ2n) is 3.67. The highest BCUT2D eigenvalue weighted by atomic mass is 79.9. The topological polar surface area (TPSA) is 25.2 Å².